The second-order valence-electron chi connectivity index (χ2n) is 4.14. The Hall–Kier alpha value is -2.34. The molecular weight excluding hydrogens is 236 g/mol. The van der Waals surface area contributed by atoms with E-state index < -0.39 is 0 Å². The molecule has 0 saturated heterocycles. The van der Waals surface area contributed by atoms with E-state index in [0.29, 0.717) is 11.6 Å². The molecule has 0 aliphatic carbocycles. The molecule has 1 aromatic carbocycles. The number of methoxy groups -OCH3 is 1. The molecule has 0 radical (unpaired) electrons. The van der Waals surface area contributed by atoms with E-state index >= 15 is 0 Å². The molecule has 19 heavy (non-hydrogen) atoms. The molecule has 1 aromatic heterocycles. The van der Waals surface area contributed by atoms with Crippen LogP contribution in [0.2, 0.25) is 0 Å². The lowest BCUT2D eigenvalue weighted by Gasteiger charge is -1.97. The highest BCUT2D eigenvalue weighted by molar-refractivity contribution is 5.39. The average Bonchev–Trinajstić information content (AvgIpc) is 2.47. The van der Waals surface area contributed by atoms with Crippen LogP contribution in [0.4, 0.5) is 0 Å². The number of hydrogen-bond acceptors (Lipinski definition) is 3. The number of nitrogens with zero attached hydrogens (tertiary/aromatic N) is 2. The molecule has 96 valence electrons. The monoisotopic (exact) mass is 252 g/mol. The Labute approximate surface area is 113 Å². The normalized spacial score (nSPS) is 9.58. The van der Waals surface area contributed by atoms with Crippen molar-refractivity contribution in [2.45, 2.75) is 19.8 Å². The van der Waals surface area contributed by atoms with E-state index in [4.69, 9.17) is 4.74 Å². The van der Waals surface area contributed by atoms with E-state index in [1.54, 1.807) is 19.5 Å². The summed E-state index contributed by atoms with van der Waals surface area (Å²) in [4.78, 5) is 8.20. The Balaban J connectivity index is 2.09. The van der Waals surface area contributed by atoms with Crippen LogP contribution in [-0.2, 0) is 6.42 Å². The maximum Gasteiger partial charge on any atom is 0.205 e. The molecular formula is C16H16N2O. The molecule has 0 aliphatic rings. The minimum Gasteiger partial charge on any atom is -0.494 e. The number of rotatable bonds is 3. The molecule has 0 fully saturated rings. The summed E-state index contributed by atoms with van der Waals surface area (Å²) >= 11 is 0. The Morgan fingerprint density at radius 1 is 1.05 bits per heavy atom. The lowest BCUT2D eigenvalue weighted by molar-refractivity contribution is 0.410. The standard InChI is InChI=1S/C16H16N2O/c1-3-4-13-5-7-14(8-6-13)9-10-16-17-11-15(19-2)12-18-16/h5-8,11-12H,3-4H2,1-2H3. The second kappa shape index (κ2) is 6.55. The molecule has 0 bridgehead atoms. The molecule has 0 spiro atoms. The first-order valence-corrected chi connectivity index (χ1v) is 6.29. The Morgan fingerprint density at radius 2 is 1.74 bits per heavy atom. The van der Waals surface area contributed by atoms with Gasteiger partial charge in [0, 0.05) is 5.56 Å². The molecule has 1 heterocycles. The highest BCUT2D eigenvalue weighted by Crippen LogP contribution is 2.06. The van der Waals surface area contributed by atoms with Crippen molar-refractivity contribution in [3.8, 4) is 17.6 Å². The van der Waals surface area contributed by atoms with Crippen LogP contribution in [0.3, 0.4) is 0 Å². The van der Waals surface area contributed by atoms with Gasteiger partial charge in [0.1, 0.15) is 0 Å². The topological polar surface area (TPSA) is 35.0 Å². The van der Waals surface area contributed by atoms with Crippen molar-refractivity contribution in [1.29, 1.82) is 0 Å². The summed E-state index contributed by atoms with van der Waals surface area (Å²) in [6.45, 7) is 2.18. The minimum atomic E-state index is 0.499. The summed E-state index contributed by atoms with van der Waals surface area (Å²) in [7, 11) is 1.59. The number of ether oxygens (including phenoxy) is 1. The molecule has 0 N–H and O–H groups in total. The van der Waals surface area contributed by atoms with E-state index in [9.17, 15) is 0 Å². The lowest BCUT2D eigenvalue weighted by atomic mass is 10.1. The van der Waals surface area contributed by atoms with Gasteiger partial charge in [-0.2, -0.15) is 0 Å². The van der Waals surface area contributed by atoms with Gasteiger partial charge in [-0.15, -0.1) is 0 Å². The maximum atomic E-state index is 4.99. The minimum absolute atomic E-state index is 0.499. The van der Waals surface area contributed by atoms with Gasteiger partial charge in [0.2, 0.25) is 5.82 Å². The van der Waals surface area contributed by atoms with E-state index in [-0.39, 0.29) is 0 Å². The highest BCUT2D eigenvalue weighted by Gasteiger charge is 1.94. The van der Waals surface area contributed by atoms with Gasteiger partial charge in [0.15, 0.2) is 5.75 Å². The van der Waals surface area contributed by atoms with E-state index in [1.165, 1.54) is 5.56 Å². The zero-order valence-corrected chi connectivity index (χ0v) is 11.2. The first kappa shape index (κ1) is 13.1. The van der Waals surface area contributed by atoms with Crippen LogP contribution in [0.25, 0.3) is 0 Å². The Bertz CT molecular complexity index is 577. The zero-order chi connectivity index (χ0) is 13.5. The Morgan fingerprint density at radius 3 is 2.32 bits per heavy atom. The van der Waals surface area contributed by atoms with Gasteiger partial charge in [-0.05, 0) is 30.0 Å². The van der Waals surface area contributed by atoms with Crippen molar-refractivity contribution in [1.82, 2.24) is 9.97 Å². The summed E-state index contributed by atoms with van der Waals surface area (Å²) in [5.74, 6) is 7.12. The van der Waals surface area contributed by atoms with Crippen LogP contribution < -0.4 is 4.74 Å². The molecule has 3 nitrogen and oxygen atoms in total. The molecule has 0 amide bonds. The van der Waals surface area contributed by atoms with Crippen LogP contribution >= 0.6 is 0 Å². The van der Waals surface area contributed by atoms with E-state index in [1.807, 2.05) is 12.1 Å². The first-order valence-electron chi connectivity index (χ1n) is 6.29. The van der Waals surface area contributed by atoms with Crippen molar-refractivity contribution >= 4 is 0 Å². The highest BCUT2D eigenvalue weighted by atomic mass is 16.5. The van der Waals surface area contributed by atoms with Gasteiger partial charge in [-0.3, -0.25) is 0 Å². The third kappa shape index (κ3) is 3.82. The summed E-state index contributed by atoms with van der Waals surface area (Å²) < 4.78 is 4.99. The summed E-state index contributed by atoms with van der Waals surface area (Å²) in [6, 6.07) is 8.29. The zero-order valence-electron chi connectivity index (χ0n) is 11.2. The third-order valence-electron chi connectivity index (χ3n) is 2.68. The van der Waals surface area contributed by atoms with Crippen LogP contribution in [0, 0.1) is 11.8 Å². The van der Waals surface area contributed by atoms with Crippen LogP contribution in [-0.4, -0.2) is 17.1 Å². The summed E-state index contributed by atoms with van der Waals surface area (Å²) in [5, 5.41) is 0. The first-order chi connectivity index (χ1) is 9.31. The number of hydrogen-bond donors (Lipinski definition) is 0. The SMILES string of the molecule is CCCc1ccc(C#Cc2ncc(OC)cn2)cc1. The van der Waals surface area contributed by atoms with Crippen LogP contribution in [0.5, 0.6) is 5.75 Å². The fourth-order valence-electron chi connectivity index (χ4n) is 1.66. The Kier molecular flexibility index (Phi) is 4.52. The quantitative estimate of drug-likeness (QED) is 0.788. The molecule has 0 unspecified atom stereocenters. The molecule has 2 rings (SSSR count). The third-order valence-corrected chi connectivity index (χ3v) is 2.68. The van der Waals surface area contributed by atoms with Gasteiger partial charge in [-0.25, -0.2) is 9.97 Å². The van der Waals surface area contributed by atoms with Crippen molar-refractivity contribution in [2.24, 2.45) is 0 Å². The summed E-state index contributed by atoms with van der Waals surface area (Å²) in [5.41, 5.74) is 2.31. The number of benzene rings is 1. The van der Waals surface area contributed by atoms with Crippen molar-refractivity contribution in [3.63, 3.8) is 0 Å². The predicted molar refractivity (Wildman–Crippen MR) is 75.0 cm³/mol. The van der Waals surface area contributed by atoms with Gasteiger partial charge in [0.25, 0.3) is 0 Å². The van der Waals surface area contributed by atoms with Gasteiger partial charge < -0.3 is 4.74 Å². The van der Waals surface area contributed by atoms with E-state index in [0.717, 1.165) is 18.4 Å². The van der Waals surface area contributed by atoms with Crippen molar-refractivity contribution in [2.75, 3.05) is 7.11 Å². The maximum absolute atomic E-state index is 4.99. The van der Waals surface area contributed by atoms with Gasteiger partial charge >= 0.3 is 0 Å². The molecule has 3 heteroatoms. The molecule has 0 aliphatic heterocycles. The van der Waals surface area contributed by atoms with Crippen molar-refractivity contribution in [3.05, 3.63) is 53.6 Å². The fraction of sp³-hybridized carbons (Fsp3) is 0.250. The van der Waals surface area contributed by atoms with Gasteiger partial charge in [-0.1, -0.05) is 31.4 Å². The van der Waals surface area contributed by atoms with Crippen molar-refractivity contribution < 1.29 is 4.74 Å². The van der Waals surface area contributed by atoms with Gasteiger partial charge in [0.05, 0.1) is 19.5 Å². The average molecular weight is 252 g/mol. The molecule has 2 aromatic rings. The van der Waals surface area contributed by atoms with E-state index in [2.05, 4.69) is 40.9 Å². The molecule has 0 saturated carbocycles. The largest absolute Gasteiger partial charge is 0.494 e. The number of aromatic nitrogens is 2. The lowest BCUT2D eigenvalue weighted by Crippen LogP contribution is -1.90. The van der Waals surface area contributed by atoms with Crippen LogP contribution in [0.15, 0.2) is 36.7 Å². The predicted octanol–water partition coefficient (Wildman–Crippen LogP) is 2.84. The smallest absolute Gasteiger partial charge is 0.205 e. The summed E-state index contributed by atoms with van der Waals surface area (Å²) in [6.07, 6.45) is 5.49. The second-order valence-corrected chi connectivity index (χ2v) is 4.14. The van der Waals surface area contributed by atoms with Crippen LogP contribution in [0.1, 0.15) is 30.3 Å². The fourth-order valence-corrected chi connectivity index (χ4v) is 1.66. The number of aryl methyl sites for hydroxylation is 1. The molecule has 0 atom stereocenters.